The van der Waals surface area contributed by atoms with Crippen LogP contribution in [0.15, 0.2) is 47.6 Å². The summed E-state index contributed by atoms with van der Waals surface area (Å²) in [5.41, 5.74) is 3.04. The third-order valence-electron chi connectivity index (χ3n) is 4.82. The molecule has 1 unspecified atom stereocenters. The van der Waals surface area contributed by atoms with E-state index in [-0.39, 0.29) is 11.1 Å². The van der Waals surface area contributed by atoms with E-state index in [1.165, 1.54) is 23.4 Å². The van der Waals surface area contributed by atoms with Crippen molar-refractivity contribution in [1.29, 1.82) is 0 Å². The Morgan fingerprint density at radius 2 is 1.96 bits per heavy atom. The molecule has 2 aromatic rings. The van der Waals surface area contributed by atoms with Crippen LogP contribution < -0.4 is 5.32 Å². The van der Waals surface area contributed by atoms with Gasteiger partial charge in [-0.25, -0.2) is 18.2 Å². The summed E-state index contributed by atoms with van der Waals surface area (Å²) in [5, 5.41) is 2.81. The molecule has 2 heterocycles. The Morgan fingerprint density at radius 3 is 2.59 bits per heavy atom. The highest BCUT2D eigenvalue weighted by molar-refractivity contribution is 7.90. The van der Waals surface area contributed by atoms with E-state index < -0.39 is 9.84 Å². The first-order valence-electron chi connectivity index (χ1n) is 9.09. The molecular formula is C20H25N3O3S. The number of rotatable bonds is 4. The highest BCUT2D eigenvalue weighted by Crippen LogP contribution is 2.22. The number of pyridine rings is 1. The first-order valence-corrected chi connectivity index (χ1v) is 11.0. The molecule has 0 bridgehead atoms. The Balaban J connectivity index is 1.58. The summed E-state index contributed by atoms with van der Waals surface area (Å²) < 4.78 is 22.9. The molecule has 0 saturated carbocycles. The molecule has 1 atom stereocenters. The van der Waals surface area contributed by atoms with Gasteiger partial charge < -0.3 is 10.2 Å². The molecule has 1 saturated heterocycles. The molecule has 1 aliphatic heterocycles. The van der Waals surface area contributed by atoms with Gasteiger partial charge in [0.05, 0.1) is 11.9 Å². The Kier molecular flexibility index (Phi) is 5.79. The average Bonchev–Trinajstić information content (AvgIpc) is 2.63. The third-order valence-corrected chi connectivity index (χ3v) is 5.82. The van der Waals surface area contributed by atoms with Gasteiger partial charge in [-0.1, -0.05) is 29.8 Å². The van der Waals surface area contributed by atoms with Crippen molar-refractivity contribution in [3.63, 3.8) is 0 Å². The van der Waals surface area contributed by atoms with E-state index in [1.807, 2.05) is 4.90 Å². The van der Waals surface area contributed by atoms with Crippen molar-refractivity contribution in [3.8, 4) is 0 Å². The number of likely N-dealkylation sites (tertiary alicyclic amines) is 1. The fourth-order valence-electron chi connectivity index (χ4n) is 3.35. The zero-order chi connectivity index (χ0) is 19.4. The van der Waals surface area contributed by atoms with Gasteiger partial charge in [0, 0.05) is 19.3 Å². The summed E-state index contributed by atoms with van der Waals surface area (Å²) in [6, 6.07) is 11.4. The first kappa shape index (κ1) is 19.4. The van der Waals surface area contributed by atoms with E-state index in [2.05, 4.69) is 41.5 Å². The minimum Gasteiger partial charge on any atom is -0.324 e. The van der Waals surface area contributed by atoms with Gasteiger partial charge in [0.2, 0.25) is 0 Å². The predicted octanol–water partition coefficient (Wildman–Crippen LogP) is 3.28. The van der Waals surface area contributed by atoms with Crippen LogP contribution in [-0.4, -0.2) is 43.7 Å². The van der Waals surface area contributed by atoms with Crippen LogP contribution in [0.25, 0.3) is 0 Å². The van der Waals surface area contributed by atoms with Crippen molar-refractivity contribution in [3.05, 3.63) is 53.7 Å². The number of piperidine rings is 1. The maximum absolute atomic E-state index is 12.6. The minimum atomic E-state index is -3.34. The highest BCUT2D eigenvalue weighted by atomic mass is 32.2. The lowest BCUT2D eigenvalue weighted by Gasteiger charge is -2.33. The van der Waals surface area contributed by atoms with Gasteiger partial charge in [0.1, 0.15) is 0 Å². The van der Waals surface area contributed by atoms with Gasteiger partial charge in [0.25, 0.3) is 0 Å². The lowest BCUT2D eigenvalue weighted by atomic mass is 9.91. The average molecular weight is 388 g/mol. The molecule has 1 N–H and O–H groups in total. The van der Waals surface area contributed by atoms with Crippen LogP contribution in [0, 0.1) is 12.8 Å². The summed E-state index contributed by atoms with van der Waals surface area (Å²) in [5.74, 6) is 0.443. The highest BCUT2D eigenvalue weighted by Gasteiger charge is 2.24. The summed E-state index contributed by atoms with van der Waals surface area (Å²) in [4.78, 5) is 18.3. The van der Waals surface area contributed by atoms with Crippen LogP contribution in [0.3, 0.4) is 0 Å². The number of nitrogens with zero attached hydrogens (tertiary/aromatic N) is 2. The molecule has 7 heteroatoms. The molecule has 1 aromatic heterocycles. The van der Waals surface area contributed by atoms with Crippen molar-refractivity contribution in [2.45, 2.75) is 31.2 Å². The number of sulfone groups is 1. The number of carbonyl (C=O) groups is 1. The number of nitrogens with one attached hydrogen (secondary N) is 1. The molecule has 144 valence electrons. The van der Waals surface area contributed by atoms with E-state index in [1.54, 1.807) is 6.07 Å². The molecular weight excluding hydrogens is 362 g/mol. The normalized spacial score (nSPS) is 17.6. The second kappa shape index (κ2) is 8.08. The van der Waals surface area contributed by atoms with Gasteiger partial charge >= 0.3 is 6.03 Å². The van der Waals surface area contributed by atoms with Crippen molar-refractivity contribution in [2.24, 2.45) is 5.92 Å². The van der Waals surface area contributed by atoms with Crippen LogP contribution in [-0.2, 0) is 16.3 Å². The second-order valence-corrected chi connectivity index (χ2v) is 9.19. The summed E-state index contributed by atoms with van der Waals surface area (Å²) in [6.45, 7) is 3.52. The third kappa shape index (κ3) is 5.29. The quantitative estimate of drug-likeness (QED) is 0.873. The largest absolute Gasteiger partial charge is 0.324 e. The number of hydrogen-bond donors (Lipinski definition) is 1. The molecule has 1 aromatic carbocycles. The lowest BCUT2D eigenvalue weighted by Crippen LogP contribution is -2.42. The maximum atomic E-state index is 12.6. The Labute approximate surface area is 160 Å². The molecule has 0 radical (unpaired) electrons. The molecule has 3 rings (SSSR count). The van der Waals surface area contributed by atoms with Gasteiger partial charge in [-0.15, -0.1) is 0 Å². The molecule has 27 heavy (non-hydrogen) atoms. The Morgan fingerprint density at radius 1 is 1.22 bits per heavy atom. The van der Waals surface area contributed by atoms with Crippen LogP contribution >= 0.6 is 0 Å². The number of amides is 2. The molecule has 2 amide bonds. The second-order valence-electron chi connectivity index (χ2n) is 7.23. The molecule has 6 nitrogen and oxygen atoms in total. The number of carbonyl (C=O) groups excluding carboxylic acids is 1. The van der Waals surface area contributed by atoms with Gasteiger partial charge in [-0.05, 0) is 49.8 Å². The minimum absolute atomic E-state index is 0.00312. The van der Waals surface area contributed by atoms with E-state index in [4.69, 9.17) is 0 Å². The van der Waals surface area contributed by atoms with Crippen LogP contribution in [0.4, 0.5) is 10.5 Å². The SMILES string of the molecule is Cc1ccc(CC2CCCN(C(=O)Nc3ccc(S(C)(=O)=O)nc3)C2)cc1. The van der Waals surface area contributed by atoms with E-state index >= 15 is 0 Å². The smallest absolute Gasteiger partial charge is 0.321 e. The summed E-state index contributed by atoms with van der Waals surface area (Å²) >= 11 is 0. The number of urea groups is 1. The molecule has 1 fully saturated rings. The maximum Gasteiger partial charge on any atom is 0.321 e. The zero-order valence-electron chi connectivity index (χ0n) is 15.7. The zero-order valence-corrected chi connectivity index (χ0v) is 16.5. The number of aromatic nitrogens is 1. The van der Waals surface area contributed by atoms with Crippen molar-refractivity contribution >= 4 is 21.6 Å². The number of aryl methyl sites for hydroxylation is 1. The topological polar surface area (TPSA) is 79.4 Å². The standard InChI is InChI=1S/C20H25N3O3S/c1-15-5-7-16(8-6-15)12-17-4-3-11-23(14-17)20(24)22-18-9-10-19(21-13-18)27(2,25)26/h5-10,13,17H,3-4,11-12,14H2,1-2H3,(H,22,24). The Hall–Kier alpha value is -2.41. The van der Waals surface area contributed by atoms with Crippen LogP contribution in [0.5, 0.6) is 0 Å². The first-order chi connectivity index (χ1) is 12.8. The fourth-order valence-corrected chi connectivity index (χ4v) is 3.91. The van der Waals surface area contributed by atoms with Crippen molar-refractivity contribution in [2.75, 3.05) is 24.7 Å². The number of hydrogen-bond acceptors (Lipinski definition) is 4. The fraction of sp³-hybridized carbons (Fsp3) is 0.400. The number of benzene rings is 1. The summed E-state index contributed by atoms with van der Waals surface area (Å²) in [6.07, 6.45) is 5.55. The van der Waals surface area contributed by atoms with E-state index in [0.29, 0.717) is 18.2 Å². The predicted molar refractivity (Wildman–Crippen MR) is 106 cm³/mol. The van der Waals surface area contributed by atoms with Crippen LogP contribution in [0.2, 0.25) is 0 Å². The van der Waals surface area contributed by atoms with Crippen LogP contribution in [0.1, 0.15) is 24.0 Å². The molecule has 1 aliphatic rings. The van der Waals surface area contributed by atoms with Gasteiger partial charge in [0.15, 0.2) is 14.9 Å². The van der Waals surface area contributed by atoms with Gasteiger partial charge in [-0.2, -0.15) is 0 Å². The lowest BCUT2D eigenvalue weighted by molar-refractivity contribution is 0.177. The summed E-state index contributed by atoms with van der Waals surface area (Å²) in [7, 11) is -3.34. The van der Waals surface area contributed by atoms with Gasteiger partial charge in [-0.3, -0.25) is 0 Å². The molecule has 0 spiro atoms. The Bertz CT molecular complexity index is 893. The monoisotopic (exact) mass is 387 g/mol. The van der Waals surface area contributed by atoms with Crippen molar-refractivity contribution < 1.29 is 13.2 Å². The number of anilines is 1. The molecule has 0 aliphatic carbocycles. The van der Waals surface area contributed by atoms with Crippen molar-refractivity contribution in [1.82, 2.24) is 9.88 Å². The van der Waals surface area contributed by atoms with E-state index in [9.17, 15) is 13.2 Å². The van der Waals surface area contributed by atoms with E-state index in [0.717, 1.165) is 32.1 Å².